The van der Waals surface area contributed by atoms with Crippen LogP contribution in [0.15, 0.2) is 29.3 Å². The third-order valence-electron chi connectivity index (χ3n) is 2.78. The van der Waals surface area contributed by atoms with Gasteiger partial charge < -0.3 is 4.74 Å². The highest BCUT2D eigenvalue weighted by Gasteiger charge is 2.22. The predicted molar refractivity (Wildman–Crippen MR) is 68.9 cm³/mol. The summed E-state index contributed by atoms with van der Waals surface area (Å²) < 4.78 is 5.31. The lowest BCUT2D eigenvalue weighted by atomic mass is 9.96. The highest BCUT2D eigenvalue weighted by atomic mass is 35.5. The summed E-state index contributed by atoms with van der Waals surface area (Å²) in [4.78, 5) is 14.6. The van der Waals surface area contributed by atoms with Gasteiger partial charge in [-0.25, -0.2) is 0 Å². The molecule has 0 fully saturated rings. The minimum atomic E-state index is -0.311. The number of nitrogens with zero attached hydrogens (tertiary/aromatic N) is 2. The molecule has 0 bridgehead atoms. The lowest BCUT2D eigenvalue weighted by Gasteiger charge is -2.13. The molecule has 1 heterocycles. The van der Waals surface area contributed by atoms with Gasteiger partial charge in [-0.15, -0.1) is 0 Å². The Morgan fingerprint density at radius 1 is 1.44 bits per heavy atom. The quantitative estimate of drug-likeness (QED) is 0.609. The first-order valence-electron chi connectivity index (χ1n) is 5.68. The van der Waals surface area contributed by atoms with Gasteiger partial charge in [-0.2, -0.15) is 0 Å². The lowest BCUT2D eigenvalue weighted by Crippen LogP contribution is -2.16. The predicted octanol–water partition coefficient (Wildman–Crippen LogP) is 2.52. The fourth-order valence-electron chi connectivity index (χ4n) is 1.92. The van der Waals surface area contributed by atoms with Gasteiger partial charge in [-0.05, 0) is 17.7 Å². The van der Waals surface area contributed by atoms with Crippen molar-refractivity contribution in [2.75, 3.05) is 19.7 Å². The molecule has 2 rings (SSSR count). The van der Waals surface area contributed by atoms with Crippen LogP contribution in [0.2, 0.25) is 5.02 Å². The Balaban J connectivity index is 2.13. The van der Waals surface area contributed by atoms with Gasteiger partial charge in [-0.1, -0.05) is 23.7 Å². The standard InChI is InChI=1S/C12H13ClN2O3/c13-11-3-1-9(2-4-11)10(8-15(16)17)7-12-14-5-6-18-12/h1-4,10H,5-8H2. The van der Waals surface area contributed by atoms with E-state index in [1.165, 1.54) is 0 Å². The van der Waals surface area contributed by atoms with E-state index in [2.05, 4.69) is 4.99 Å². The highest BCUT2D eigenvalue weighted by Crippen LogP contribution is 2.23. The van der Waals surface area contributed by atoms with Crippen molar-refractivity contribution in [1.82, 2.24) is 0 Å². The number of rotatable bonds is 5. The second-order valence-electron chi connectivity index (χ2n) is 4.09. The molecule has 1 aliphatic rings. The van der Waals surface area contributed by atoms with E-state index in [0.29, 0.717) is 30.5 Å². The van der Waals surface area contributed by atoms with Crippen molar-refractivity contribution in [3.63, 3.8) is 0 Å². The van der Waals surface area contributed by atoms with E-state index in [9.17, 15) is 10.1 Å². The zero-order chi connectivity index (χ0) is 13.0. The van der Waals surface area contributed by atoms with Crippen LogP contribution in [0, 0.1) is 10.1 Å². The molecule has 6 heteroatoms. The zero-order valence-corrected chi connectivity index (χ0v) is 10.5. The van der Waals surface area contributed by atoms with E-state index in [1.54, 1.807) is 12.1 Å². The SMILES string of the molecule is O=[N+]([O-])CC(CC1=NCCO1)c1ccc(Cl)cc1. The summed E-state index contributed by atoms with van der Waals surface area (Å²) in [5, 5.41) is 11.3. The molecule has 96 valence electrons. The maximum Gasteiger partial charge on any atom is 0.211 e. The van der Waals surface area contributed by atoms with Crippen molar-refractivity contribution in [2.45, 2.75) is 12.3 Å². The van der Waals surface area contributed by atoms with Crippen LogP contribution in [0.3, 0.4) is 0 Å². The number of benzene rings is 1. The summed E-state index contributed by atoms with van der Waals surface area (Å²) in [6, 6.07) is 7.10. The number of hydrogen-bond donors (Lipinski definition) is 0. The van der Waals surface area contributed by atoms with E-state index in [0.717, 1.165) is 5.56 Å². The Morgan fingerprint density at radius 3 is 2.72 bits per heavy atom. The minimum Gasteiger partial charge on any atom is -0.479 e. The Kier molecular flexibility index (Phi) is 4.15. The minimum absolute atomic E-state index is 0.135. The molecule has 1 aromatic rings. The number of aliphatic imine (C=N–C) groups is 1. The molecule has 0 spiro atoms. The van der Waals surface area contributed by atoms with Crippen molar-refractivity contribution in [3.05, 3.63) is 45.0 Å². The van der Waals surface area contributed by atoms with Crippen molar-refractivity contribution >= 4 is 17.5 Å². The van der Waals surface area contributed by atoms with Gasteiger partial charge in [0.2, 0.25) is 6.54 Å². The summed E-state index contributed by atoms with van der Waals surface area (Å²) in [7, 11) is 0. The number of halogens is 1. The molecule has 5 nitrogen and oxygen atoms in total. The lowest BCUT2D eigenvalue weighted by molar-refractivity contribution is -0.483. The second-order valence-corrected chi connectivity index (χ2v) is 4.53. The normalized spacial score (nSPS) is 15.9. The summed E-state index contributed by atoms with van der Waals surface area (Å²) in [6.45, 7) is 1.08. The Labute approximate surface area is 110 Å². The molecule has 0 saturated heterocycles. The molecule has 1 atom stereocenters. The van der Waals surface area contributed by atoms with Crippen LogP contribution in [0.5, 0.6) is 0 Å². The first-order chi connectivity index (χ1) is 8.65. The summed E-state index contributed by atoms with van der Waals surface area (Å²) in [5.74, 6) is 0.380. The van der Waals surface area contributed by atoms with Gasteiger partial charge in [0.1, 0.15) is 6.61 Å². The summed E-state index contributed by atoms with van der Waals surface area (Å²) in [5.41, 5.74) is 0.884. The van der Waals surface area contributed by atoms with Gasteiger partial charge in [0.15, 0.2) is 5.90 Å². The van der Waals surface area contributed by atoms with E-state index in [4.69, 9.17) is 16.3 Å². The molecule has 0 radical (unpaired) electrons. The third kappa shape index (κ3) is 3.43. The molecule has 1 aliphatic heterocycles. The molecule has 0 aromatic heterocycles. The molecule has 0 saturated carbocycles. The molecule has 18 heavy (non-hydrogen) atoms. The summed E-state index contributed by atoms with van der Waals surface area (Å²) >= 11 is 5.81. The van der Waals surface area contributed by atoms with E-state index < -0.39 is 0 Å². The molecule has 0 amide bonds. The van der Waals surface area contributed by atoms with Crippen LogP contribution in [-0.2, 0) is 4.74 Å². The van der Waals surface area contributed by atoms with Crippen LogP contribution in [0.1, 0.15) is 17.9 Å². The first kappa shape index (κ1) is 12.8. The number of hydrogen-bond acceptors (Lipinski definition) is 4. The van der Waals surface area contributed by atoms with Crippen LogP contribution >= 0.6 is 11.6 Å². The van der Waals surface area contributed by atoms with Crippen molar-refractivity contribution in [1.29, 1.82) is 0 Å². The van der Waals surface area contributed by atoms with Gasteiger partial charge in [-0.3, -0.25) is 15.1 Å². The fourth-order valence-corrected chi connectivity index (χ4v) is 2.04. The smallest absolute Gasteiger partial charge is 0.211 e. The van der Waals surface area contributed by atoms with Gasteiger partial charge in [0, 0.05) is 16.4 Å². The van der Waals surface area contributed by atoms with E-state index in [-0.39, 0.29) is 17.4 Å². The maximum atomic E-state index is 10.7. The zero-order valence-electron chi connectivity index (χ0n) is 9.71. The molecule has 1 aromatic carbocycles. The summed E-state index contributed by atoms with van der Waals surface area (Å²) in [6.07, 6.45) is 0.461. The Hall–Kier alpha value is -1.62. The van der Waals surface area contributed by atoms with Crippen LogP contribution in [0.4, 0.5) is 0 Å². The van der Waals surface area contributed by atoms with Gasteiger partial charge in [0.25, 0.3) is 0 Å². The van der Waals surface area contributed by atoms with Gasteiger partial charge >= 0.3 is 0 Å². The first-order valence-corrected chi connectivity index (χ1v) is 6.06. The van der Waals surface area contributed by atoms with Crippen molar-refractivity contribution in [3.8, 4) is 0 Å². The van der Waals surface area contributed by atoms with Crippen LogP contribution in [-0.4, -0.2) is 30.5 Å². The van der Waals surface area contributed by atoms with Gasteiger partial charge in [0.05, 0.1) is 12.5 Å². The Morgan fingerprint density at radius 2 is 2.17 bits per heavy atom. The molecule has 0 aliphatic carbocycles. The molecule has 0 N–H and O–H groups in total. The average Bonchev–Trinajstić information content (AvgIpc) is 2.81. The Bertz CT molecular complexity index is 459. The third-order valence-corrected chi connectivity index (χ3v) is 3.03. The average molecular weight is 269 g/mol. The molecular formula is C12H13ClN2O3. The van der Waals surface area contributed by atoms with Crippen molar-refractivity contribution < 1.29 is 9.66 Å². The number of ether oxygens (including phenoxy) is 1. The van der Waals surface area contributed by atoms with E-state index >= 15 is 0 Å². The highest BCUT2D eigenvalue weighted by molar-refractivity contribution is 6.30. The van der Waals surface area contributed by atoms with Crippen LogP contribution < -0.4 is 0 Å². The monoisotopic (exact) mass is 268 g/mol. The maximum absolute atomic E-state index is 10.7. The fraction of sp³-hybridized carbons (Fsp3) is 0.417. The van der Waals surface area contributed by atoms with Crippen LogP contribution in [0.25, 0.3) is 0 Å². The van der Waals surface area contributed by atoms with Crippen molar-refractivity contribution in [2.24, 2.45) is 4.99 Å². The second kappa shape index (κ2) is 5.82. The number of nitro groups is 1. The topological polar surface area (TPSA) is 64.7 Å². The molecular weight excluding hydrogens is 256 g/mol. The largest absolute Gasteiger partial charge is 0.479 e. The molecule has 1 unspecified atom stereocenters. The van der Waals surface area contributed by atoms with E-state index in [1.807, 2.05) is 12.1 Å².